The van der Waals surface area contributed by atoms with Crippen LogP contribution in [0.4, 0.5) is 8.78 Å². The summed E-state index contributed by atoms with van der Waals surface area (Å²) < 4.78 is 53.0. The number of aliphatic hydroxyl groups is 1. The fourth-order valence-electron chi connectivity index (χ4n) is 4.77. The molecule has 0 saturated heterocycles. The van der Waals surface area contributed by atoms with Gasteiger partial charge in [0.1, 0.15) is 11.6 Å². The lowest BCUT2D eigenvalue weighted by atomic mass is 10.0. The van der Waals surface area contributed by atoms with Crippen LogP contribution in [0.1, 0.15) is 76.0 Å². The standard InChI is InChI=1S/C30H44F2N2O4S/c1-4-8-27(9-5-2)39(37,38)15-14-30(36)34(20-24-11-7-10-22(6-3)16-24)21-29(35)28(33)13-12-23-17-25(31)19-26(32)18-23/h7,10-11,16-19,27-29,35H,4-6,8-9,12-15,20-21,33H2,1-3H3/t28-,29+/m0/s1. The van der Waals surface area contributed by atoms with Crippen molar-refractivity contribution in [2.45, 2.75) is 96.1 Å². The van der Waals surface area contributed by atoms with E-state index in [1.807, 2.05) is 45.0 Å². The summed E-state index contributed by atoms with van der Waals surface area (Å²) in [6.45, 7) is 6.05. The van der Waals surface area contributed by atoms with Crippen molar-refractivity contribution in [3.63, 3.8) is 0 Å². The molecule has 2 aromatic rings. The van der Waals surface area contributed by atoms with Crippen LogP contribution >= 0.6 is 0 Å². The number of carbonyl (C=O) groups is 1. The Morgan fingerprint density at radius 3 is 2.15 bits per heavy atom. The fraction of sp³-hybridized carbons (Fsp3) is 0.567. The van der Waals surface area contributed by atoms with Crippen LogP contribution in [-0.2, 0) is 34.0 Å². The fourth-order valence-corrected chi connectivity index (χ4v) is 6.75. The van der Waals surface area contributed by atoms with Crippen LogP contribution in [0.25, 0.3) is 0 Å². The molecule has 0 saturated carbocycles. The number of benzene rings is 2. The van der Waals surface area contributed by atoms with E-state index < -0.39 is 38.9 Å². The molecule has 2 atom stereocenters. The molecule has 0 aliphatic rings. The molecule has 2 rings (SSSR count). The first kappa shape index (κ1) is 32.8. The maximum absolute atomic E-state index is 13.5. The van der Waals surface area contributed by atoms with E-state index in [1.165, 1.54) is 17.0 Å². The molecule has 0 aliphatic carbocycles. The molecule has 0 unspecified atom stereocenters. The highest BCUT2D eigenvalue weighted by Crippen LogP contribution is 2.19. The summed E-state index contributed by atoms with van der Waals surface area (Å²) in [5.74, 6) is -1.97. The normalized spacial score (nSPS) is 13.4. The molecule has 0 spiro atoms. The Labute approximate surface area is 232 Å². The third-order valence-corrected chi connectivity index (χ3v) is 9.31. The highest BCUT2D eigenvalue weighted by atomic mass is 32.2. The number of rotatable bonds is 17. The van der Waals surface area contributed by atoms with Gasteiger partial charge in [-0.3, -0.25) is 4.79 Å². The van der Waals surface area contributed by atoms with Crippen LogP contribution in [0.2, 0.25) is 0 Å². The molecule has 39 heavy (non-hydrogen) atoms. The third-order valence-electron chi connectivity index (χ3n) is 7.05. The zero-order valence-electron chi connectivity index (χ0n) is 23.4. The van der Waals surface area contributed by atoms with Crippen molar-refractivity contribution in [2.75, 3.05) is 12.3 Å². The highest BCUT2D eigenvalue weighted by molar-refractivity contribution is 7.92. The Bertz CT molecular complexity index is 1130. The Morgan fingerprint density at radius 1 is 0.949 bits per heavy atom. The topological polar surface area (TPSA) is 101 Å². The second-order valence-corrected chi connectivity index (χ2v) is 12.7. The van der Waals surface area contributed by atoms with Crippen LogP contribution in [0.3, 0.4) is 0 Å². The van der Waals surface area contributed by atoms with Crippen LogP contribution in [0.5, 0.6) is 0 Å². The minimum Gasteiger partial charge on any atom is -0.390 e. The molecule has 2 aromatic carbocycles. The lowest BCUT2D eigenvalue weighted by Crippen LogP contribution is -2.46. The molecule has 0 aromatic heterocycles. The molecular formula is C30H44F2N2O4S. The molecule has 0 aliphatic heterocycles. The second kappa shape index (κ2) is 16.0. The van der Waals surface area contributed by atoms with E-state index >= 15 is 0 Å². The molecular weight excluding hydrogens is 522 g/mol. The maximum atomic E-state index is 13.5. The van der Waals surface area contributed by atoms with Crippen LogP contribution in [-0.4, -0.2) is 54.0 Å². The minimum atomic E-state index is -3.45. The van der Waals surface area contributed by atoms with E-state index in [9.17, 15) is 27.1 Å². The number of nitrogens with zero attached hydrogens (tertiary/aromatic N) is 1. The average Bonchev–Trinajstić information content (AvgIpc) is 2.89. The largest absolute Gasteiger partial charge is 0.390 e. The predicted molar refractivity (Wildman–Crippen MR) is 152 cm³/mol. The Hall–Kier alpha value is -2.36. The number of aliphatic hydroxyl groups excluding tert-OH is 1. The van der Waals surface area contributed by atoms with Crippen molar-refractivity contribution in [3.05, 3.63) is 70.8 Å². The summed E-state index contributed by atoms with van der Waals surface area (Å²) >= 11 is 0. The Kier molecular flexibility index (Phi) is 13.5. The number of aryl methyl sites for hydroxylation is 2. The van der Waals surface area contributed by atoms with Crippen molar-refractivity contribution < 1.29 is 27.1 Å². The lowest BCUT2D eigenvalue weighted by Gasteiger charge is -2.29. The maximum Gasteiger partial charge on any atom is 0.223 e. The number of nitrogens with two attached hydrogens (primary N) is 1. The van der Waals surface area contributed by atoms with E-state index in [0.717, 1.165) is 36.5 Å². The van der Waals surface area contributed by atoms with Crippen molar-refractivity contribution in [3.8, 4) is 0 Å². The SMILES string of the molecule is CCCC(CCC)S(=O)(=O)CCC(=O)N(Cc1cccc(CC)c1)C[C@@H](O)[C@@H](N)CCc1cc(F)cc(F)c1. The molecule has 1 amide bonds. The first-order valence-electron chi connectivity index (χ1n) is 13.9. The zero-order chi connectivity index (χ0) is 29.0. The summed E-state index contributed by atoms with van der Waals surface area (Å²) in [5.41, 5.74) is 8.61. The van der Waals surface area contributed by atoms with E-state index in [-0.39, 0.29) is 44.0 Å². The number of sulfone groups is 1. The molecule has 218 valence electrons. The van der Waals surface area contributed by atoms with Gasteiger partial charge in [0, 0.05) is 31.6 Å². The summed E-state index contributed by atoms with van der Waals surface area (Å²) in [6, 6.07) is 10.3. The number of hydrogen-bond donors (Lipinski definition) is 2. The molecule has 9 heteroatoms. The molecule has 0 heterocycles. The first-order chi connectivity index (χ1) is 18.5. The van der Waals surface area contributed by atoms with E-state index in [2.05, 4.69) is 0 Å². The van der Waals surface area contributed by atoms with E-state index in [1.54, 1.807) is 0 Å². The predicted octanol–water partition coefficient (Wildman–Crippen LogP) is 4.95. The van der Waals surface area contributed by atoms with Crippen molar-refractivity contribution in [2.24, 2.45) is 5.73 Å². The molecule has 6 nitrogen and oxygen atoms in total. The van der Waals surface area contributed by atoms with Crippen molar-refractivity contribution in [1.29, 1.82) is 0 Å². The summed E-state index contributed by atoms with van der Waals surface area (Å²) in [6.07, 6.45) is 2.70. The molecule has 0 bridgehead atoms. The van der Waals surface area contributed by atoms with E-state index in [0.29, 0.717) is 18.4 Å². The molecule has 0 radical (unpaired) electrons. The van der Waals surface area contributed by atoms with Gasteiger partial charge in [-0.1, -0.05) is 57.9 Å². The Morgan fingerprint density at radius 2 is 1.56 bits per heavy atom. The summed E-state index contributed by atoms with van der Waals surface area (Å²) in [7, 11) is -3.45. The monoisotopic (exact) mass is 566 g/mol. The minimum absolute atomic E-state index is 0.0821. The third kappa shape index (κ3) is 11.0. The number of carbonyl (C=O) groups excluding carboxylic acids is 1. The lowest BCUT2D eigenvalue weighted by molar-refractivity contribution is -0.133. The van der Waals surface area contributed by atoms with Gasteiger partial charge >= 0.3 is 0 Å². The van der Waals surface area contributed by atoms with E-state index in [4.69, 9.17) is 5.73 Å². The van der Waals surface area contributed by atoms with Gasteiger partial charge in [-0.25, -0.2) is 17.2 Å². The smallest absolute Gasteiger partial charge is 0.223 e. The highest BCUT2D eigenvalue weighted by Gasteiger charge is 2.27. The van der Waals surface area contributed by atoms with Gasteiger partial charge in [0.05, 0.1) is 17.1 Å². The van der Waals surface area contributed by atoms with Gasteiger partial charge in [-0.2, -0.15) is 0 Å². The first-order valence-corrected chi connectivity index (χ1v) is 15.7. The van der Waals surface area contributed by atoms with Gasteiger partial charge in [-0.05, 0) is 60.9 Å². The Balaban J connectivity index is 2.13. The van der Waals surface area contributed by atoms with Gasteiger partial charge in [0.15, 0.2) is 9.84 Å². The van der Waals surface area contributed by atoms with Crippen molar-refractivity contribution in [1.82, 2.24) is 4.90 Å². The number of hydrogen-bond acceptors (Lipinski definition) is 5. The second-order valence-electron chi connectivity index (χ2n) is 10.3. The van der Waals surface area contributed by atoms with Crippen molar-refractivity contribution >= 4 is 15.7 Å². The summed E-state index contributed by atoms with van der Waals surface area (Å²) in [5, 5.41) is 10.4. The number of halogens is 2. The van der Waals surface area contributed by atoms with Gasteiger partial charge in [-0.15, -0.1) is 0 Å². The van der Waals surface area contributed by atoms with Gasteiger partial charge in [0.25, 0.3) is 0 Å². The van der Waals surface area contributed by atoms with Crippen LogP contribution in [0.15, 0.2) is 42.5 Å². The average molecular weight is 567 g/mol. The van der Waals surface area contributed by atoms with Crippen LogP contribution < -0.4 is 5.73 Å². The summed E-state index contributed by atoms with van der Waals surface area (Å²) in [4.78, 5) is 14.8. The number of amides is 1. The van der Waals surface area contributed by atoms with Gasteiger partial charge < -0.3 is 15.7 Å². The zero-order valence-corrected chi connectivity index (χ0v) is 24.2. The quantitative estimate of drug-likeness (QED) is 0.282. The van der Waals surface area contributed by atoms with Crippen LogP contribution in [0, 0.1) is 11.6 Å². The molecule has 3 N–H and O–H groups in total. The van der Waals surface area contributed by atoms with Gasteiger partial charge in [0.2, 0.25) is 5.91 Å². The molecule has 0 fully saturated rings.